The fourth-order valence-electron chi connectivity index (χ4n) is 2.53. The van der Waals surface area contributed by atoms with Crippen LogP contribution in [0.2, 0.25) is 0 Å². The van der Waals surface area contributed by atoms with E-state index in [-0.39, 0.29) is 12.3 Å². The Morgan fingerprint density at radius 1 is 0.893 bits per heavy atom. The largest absolute Gasteiger partial charge is 0.376 e. The predicted octanol–water partition coefficient (Wildman–Crippen LogP) is 4.90. The highest BCUT2D eigenvalue weighted by Crippen LogP contribution is 2.30. The second-order valence-electron chi connectivity index (χ2n) is 7.17. The lowest BCUT2D eigenvalue weighted by Crippen LogP contribution is -2.20. The number of hydrogen-bond donors (Lipinski definition) is 0. The van der Waals surface area contributed by atoms with E-state index in [1.807, 2.05) is 6.92 Å². The van der Waals surface area contributed by atoms with Crippen LogP contribution in [0.25, 0.3) is 0 Å². The number of Topliss-reactive ketones (excluding diaryl/α,β-unsaturated/α-hetero) is 1. The SMILES string of the molecule is CC(C)CCCC(C)CC(=O)CCS(=O)(=O)Oc1c(F)c(F)c(F)c(F)c1F. The van der Waals surface area contributed by atoms with Gasteiger partial charge in [-0.2, -0.15) is 17.2 Å². The molecule has 0 aliphatic heterocycles. The monoisotopic (exact) mass is 430 g/mol. The molecule has 0 amide bonds. The van der Waals surface area contributed by atoms with Crippen molar-refractivity contribution in [2.45, 2.75) is 52.9 Å². The van der Waals surface area contributed by atoms with Crippen LogP contribution in [0, 0.1) is 40.9 Å². The molecule has 0 N–H and O–H groups in total. The molecule has 0 fully saturated rings. The zero-order chi connectivity index (χ0) is 21.6. The summed E-state index contributed by atoms with van der Waals surface area (Å²) in [6.45, 7) is 5.99. The van der Waals surface area contributed by atoms with E-state index >= 15 is 0 Å². The normalized spacial score (nSPS) is 13.0. The Hall–Kier alpha value is -1.71. The summed E-state index contributed by atoms with van der Waals surface area (Å²) in [7, 11) is -4.74. The molecule has 10 heteroatoms. The lowest BCUT2D eigenvalue weighted by atomic mass is 9.95. The van der Waals surface area contributed by atoms with Crippen LogP contribution in [0.5, 0.6) is 5.75 Å². The number of rotatable bonds is 11. The van der Waals surface area contributed by atoms with Crippen LogP contribution in [0.1, 0.15) is 52.9 Å². The molecule has 28 heavy (non-hydrogen) atoms. The van der Waals surface area contributed by atoms with Gasteiger partial charge in [0.2, 0.25) is 34.8 Å². The summed E-state index contributed by atoms with van der Waals surface area (Å²) in [5.74, 6) is -14.6. The van der Waals surface area contributed by atoms with Crippen LogP contribution in [-0.4, -0.2) is 20.0 Å². The first-order chi connectivity index (χ1) is 12.9. The molecule has 0 radical (unpaired) electrons. The van der Waals surface area contributed by atoms with Crippen molar-refractivity contribution >= 4 is 15.9 Å². The van der Waals surface area contributed by atoms with Crippen molar-refractivity contribution in [3.63, 3.8) is 0 Å². The first-order valence-corrected chi connectivity index (χ1v) is 10.4. The summed E-state index contributed by atoms with van der Waals surface area (Å²) < 4.78 is 93.8. The van der Waals surface area contributed by atoms with E-state index in [9.17, 15) is 35.2 Å². The molecular formula is C18H23F5O4S. The third-order valence-corrected chi connectivity index (χ3v) is 5.19. The first kappa shape index (κ1) is 24.3. The number of hydrogen-bond acceptors (Lipinski definition) is 4. The van der Waals surface area contributed by atoms with E-state index < -0.39 is 62.9 Å². The van der Waals surface area contributed by atoms with Crippen LogP contribution in [0.15, 0.2) is 0 Å². The van der Waals surface area contributed by atoms with Gasteiger partial charge < -0.3 is 4.18 Å². The summed E-state index contributed by atoms with van der Waals surface area (Å²) in [5, 5.41) is 0. The van der Waals surface area contributed by atoms with Crippen LogP contribution in [0.4, 0.5) is 22.0 Å². The highest BCUT2D eigenvalue weighted by atomic mass is 32.2. The summed E-state index contributed by atoms with van der Waals surface area (Å²) in [6.07, 6.45) is 2.34. The lowest BCUT2D eigenvalue weighted by Gasteiger charge is -2.12. The van der Waals surface area contributed by atoms with Gasteiger partial charge in [0, 0.05) is 12.8 Å². The van der Waals surface area contributed by atoms with Gasteiger partial charge in [0.15, 0.2) is 0 Å². The Balaban J connectivity index is 2.68. The van der Waals surface area contributed by atoms with Gasteiger partial charge in [-0.05, 0) is 11.8 Å². The van der Waals surface area contributed by atoms with Crippen LogP contribution >= 0.6 is 0 Å². The van der Waals surface area contributed by atoms with Crippen molar-refractivity contribution in [1.82, 2.24) is 0 Å². The van der Waals surface area contributed by atoms with Crippen molar-refractivity contribution in [2.24, 2.45) is 11.8 Å². The maximum atomic E-state index is 13.5. The highest BCUT2D eigenvalue weighted by Gasteiger charge is 2.30. The molecule has 0 aliphatic carbocycles. The van der Waals surface area contributed by atoms with E-state index in [1.165, 1.54) is 0 Å². The molecule has 0 heterocycles. The average molecular weight is 430 g/mol. The molecule has 0 saturated carbocycles. The molecule has 0 aromatic heterocycles. The number of halogens is 5. The van der Waals surface area contributed by atoms with E-state index in [4.69, 9.17) is 0 Å². The van der Waals surface area contributed by atoms with Crippen LogP contribution < -0.4 is 4.18 Å². The number of carbonyl (C=O) groups excluding carboxylic acids is 1. The third-order valence-electron chi connectivity index (χ3n) is 4.07. The minimum absolute atomic E-state index is 0.0325. The van der Waals surface area contributed by atoms with Crippen molar-refractivity contribution in [3.8, 4) is 5.75 Å². The maximum absolute atomic E-state index is 13.5. The van der Waals surface area contributed by atoms with Gasteiger partial charge in [-0.25, -0.2) is 13.2 Å². The topological polar surface area (TPSA) is 60.4 Å². The predicted molar refractivity (Wildman–Crippen MR) is 92.7 cm³/mol. The molecule has 0 spiro atoms. The fourth-order valence-corrected chi connectivity index (χ4v) is 3.49. The average Bonchev–Trinajstić information content (AvgIpc) is 2.60. The highest BCUT2D eigenvalue weighted by molar-refractivity contribution is 7.87. The van der Waals surface area contributed by atoms with Gasteiger partial charge in [0.25, 0.3) is 0 Å². The number of ketones is 1. The number of carbonyl (C=O) groups is 1. The molecule has 1 aromatic rings. The summed E-state index contributed by atoms with van der Waals surface area (Å²) in [4.78, 5) is 11.9. The minimum Gasteiger partial charge on any atom is -0.376 e. The first-order valence-electron chi connectivity index (χ1n) is 8.81. The summed E-state index contributed by atoms with van der Waals surface area (Å²) in [6, 6.07) is 0. The van der Waals surface area contributed by atoms with Gasteiger partial charge in [-0.1, -0.05) is 40.0 Å². The van der Waals surface area contributed by atoms with E-state index in [1.54, 1.807) is 0 Å². The third kappa shape index (κ3) is 7.03. The Kier molecular flexibility index (Phi) is 8.84. The van der Waals surface area contributed by atoms with Crippen molar-refractivity contribution in [1.29, 1.82) is 0 Å². The summed E-state index contributed by atoms with van der Waals surface area (Å²) in [5.41, 5.74) is 0. The molecular weight excluding hydrogens is 407 g/mol. The van der Waals surface area contributed by atoms with Gasteiger partial charge in [0.1, 0.15) is 5.78 Å². The minimum atomic E-state index is -4.74. The Labute approximate surface area is 161 Å². The van der Waals surface area contributed by atoms with Gasteiger partial charge >= 0.3 is 10.1 Å². The zero-order valence-corrected chi connectivity index (χ0v) is 16.6. The Morgan fingerprint density at radius 3 is 1.89 bits per heavy atom. The lowest BCUT2D eigenvalue weighted by molar-refractivity contribution is -0.119. The number of benzene rings is 1. The quantitative estimate of drug-likeness (QED) is 0.217. The van der Waals surface area contributed by atoms with E-state index in [0.717, 1.165) is 19.3 Å². The molecule has 1 atom stereocenters. The Morgan fingerprint density at radius 2 is 1.39 bits per heavy atom. The molecule has 1 aromatic carbocycles. The van der Waals surface area contributed by atoms with Crippen molar-refractivity contribution in [3.05, 3.63) is 29.1 Å². The zero-order valence-electron chi connectivity index (χ0n) is 15.8. The van der Waals surface area contributed by atoms with Crippen molar-refractivity contribution < 1.29 is 39.3 Å². The van der Waals surface area contributed by atoms with Crippen LogP contribution in [0.3, 0.4) is 0 Å². The standard InChI is InChI=1S/C18H23F5O4S/c1-10(2)5-4-6-11(3)9-12(24)7-8-28(25,26)27-18-16(22)14(20)13(19)15(21)17(18)23/h10-11H,4-9H2,1-3H3. The van der Waals surface area contributed by atoms with Gasteiger partial charge in [-0.15, -0.1) is 0 Å². The fraction of sp³-hybridized carbons (Fsp3) is 0.611. The smallest absolute Gasteiger partial charge is 0.309 e. The van der Waals surface area contributed by atoms with Crippen molar-refractivity contribution in [2.75, 3.05) is 5.75 Å². The molecule has 0 bridgehead atoms. The van der Waals surface area contributed by atoms with Gasteiger partial charge in [0.05, 0.1) is 5.75 Å². The van der Waals surface area contributed by atoms with Crippen LogP contribution in [-0.2, 0) is 14.9 Å². The second-order valence-corrected chi connectivity index (χ2v) is 8.86. The van der Waals surface area contributed by atoms with Gasteiger partial charge in [-0.3, -0.25) is 4.79 Å². The molecule has 1 rings (SSSR count). The second kappa shape index (κ2) is 10.2. The molecule has 1 unspecified atom stereocenters. The summed E-state index contributed by atoms with van der Waals surface area (Å²) >= 11 is 0. The Bertz CT molecular complexity index is 780. The molecule has 0 aliphatic rings. The van der Waals surface area contributed by atoms with E-state index in [0.29, 0.717) is 5.92 Å². The molecule has 0 saturated heterocycles. The maximum Gasteiger partial charge on any atom is 0.309 e. The van der Waals surface area contributed by atoms with E-state index in [2.05, 4.69) is 18.0 Å². The molecule has 4 nitrogen and oxygen atoms in total. The molecule has 160 valence electrons.